The van der Waals surface area contributed by atoms with Crippen molar-refractivity contribution in [1.82, 2.24) is 0 Å². The summed E-state index contributed by atoms with van der Waals surface area (Å²) in [5.74, 6) is 0.485. The van der Waals surface area contributed by atoms with E-state index in [9.17, 15) is 4.91 Å². The highest BCUT2D eigenvalue weighted by molar-refractivity contribution is 4.90. The van der Waals surface area contributed by atoms with Gasteiger partial charge in [0.2, 0.25) is 0 Å². The number of hydrogen-bond donors (Lipinski definition) is 0. The Hall–Kier alpha value is -0.400. The Balaban J connectivity index is 2.62. The summed E-state index contributed by atoms with van der Waals surface area (Å²) in [6.07, 6.45) is 4.60. The molecular formula is C8H15NO. The molecule has 2 unspecified atom stereocenters. The van der Waals surface area contributed by atoms with Gasteiger partial charge in [0.25, 0.3) is 0 Å². The van der Waals surface area contributed by atoms with Crippen LogP contribution in [0, 0.1) is 10.8 Å². The lowest BCUT2D eigenvalue weighted by Crippen LogP contribution is -2.33. The summed E-state index contributed by atoms with van der Waals surface area (Å²) in [7, 11) is 0. The summed E-state index contributed by atoms with van der Waals surface area (Å²) in [5.41, 5.74) is -0.252. The summed E-state index contributed by atoms with van der Waals surface area (Å²) in [5, 5.41) is 3.21. The van der Waals surface area contributed by atoms with Crippen LogP contribution in [0.1, 0.15) is 39.5 Å². The molecule has 0 aromatic rings. The zero-order valence-electron chi connectivity index (χ0n) is 6.76. The van der Waals surface area contributed by atoms with Gasteiger partial charge in [0, 0.05) is 0 Å². The lowest BCUT2D eigenvalue weighted by Gasteiger charge is -2.32. The van der Waals surface area contributed by atoms with Gasteiger partial charge in [-0.25, -0.2) is 0 Å². The molecule has 1 fully saturated rings. The fourth-order valence-corrected chi connectivity index (χ4v) is 1.63. The molecule has 1 saturated carbocycles. The highest BCUT2D eigenvalue weighted by Crippen LogP contribution is 2.35. The summed E-state index contributed by atoms with van der Waals surface area (Å²) < 4.78 is 0. The van der Waals surface area contributed by atoms with Crippen molar-refractivity contribution < 1.29 is 0 Å². The first-order valence-electron chi connectivity index (χ1n) is 4.03. The zero-order chi connectivity index (χ0) is 7.61. The first-order valence-corrected chi connectivity index (χ1v) is 4.03. The molecule has 0 spiro atoms. The predicted octanol–water partition coefficient (Wildman–Crippen LogP) is 2.72. The molecule has 1 aliphatic carbocycles. The van der Waals surface area contributed by atoms with E-state index in [1.165, 1.54) is 19.3 Å². The average molecular weight is 141 g/mol. The lowest BCUT2D eigenvalue weighted by atomic mass is 9.76. The largest absolute Gasteiger partial charge is 0.150 e. The molecule has 1 aliphatic rings. The standard InChI is InChI=1S/C8H15NO/c1-7-5-3-4-6-8(7,2)9-10/h7H,3-6H2,1-2H3. The third-order valence-corrected chi connectivity index (χ3v) is 2.84. The molecule has 0 saturated heterocycles. The smallest absolute Gasteiger partial charge is 0.102 e. The molecule has 2 nitrogen and oxygen atoms in total. The topological polar surface area (TPSA) is 29.4 Å². The Kier molecular flexibility index (Phi) is 2.07. The molecule has 0 radical (unpaired) electrons. The van der Waals surface area contributed by atoms with E-state index in [1.54, 1.807) is 0 Å². The summed E-state index contributed by atoms with van der Waals surface area (Å²) >= 11 is 0. The van der Waals surface area contributed by atoms with Gasteiger partial charge in [0.15, 0.2) is 0 Å². The molecule has 0 aromatic heterocycles. The average Bonchev–Trinajstić information content (AvgIpc) is 1.96. The Morgan fingerprint density at radius 3 is 2.60 bits per heavy atom. The van der Waals surface area contributed by atoms with Gasteiger partial charge >= 0.3 is 0 Å². The van der Waals surface area contributed by atoms with E-state index in [2.05, 4.69) is 12.1 Å². The van der Waals surface area contributed by atoms with Gasteiger partial charge in [0.1, 0.15) is 5.54 Å². The maximum Gasteiger partial charge on any atom is 0.102 e. The van der Waals surface area contributed by atoms with E-state index < -0.39 is 0 Å². The molecule has 10 heavy (non-hydrogen) atoms. The second-order valence-electron chi connectivity index (χ2n) is 3.60. The molecule has 1 rings (SSSR count). The number of nitrogens with zero attached hydrogens (tertiary/aromatic N) is 1. The molecule has 0 aliphatic heterocycles. The molecule has 2 atom stereocenters. The van der Waals surface area contributed by atoms with Gasteiger partial charge in [0.05, 0.1) is 0 Å². The molecule has 0 bridgehead atoms. The minimum atomic E-state index is -0.252. The number of rotatable bonds is 1. The van der Waals surface area contributed by atoms with Gasteiger partial charge in [-0.1, -0.05) is 24.9 Å². The monoisotopic (exact) mass is 141 g/mol. The van der Waals surface area contributed by atoms with Crippen LogP contribution < -0.4 is 0 Å². The maximum absolute atomic E-state index is 10.4. The Labute approximate surface area is 62.0 Å². The van der Waals surface area contributed by atoms with E-state index in [4.69, 9.17) is 0 Å². The van der Waals surface area contributed by atoms with Crippen molar-refractivity contribution in [3.05, 3.63) is 4.91 Å². The van der Waals surface area contributed by atoms with Crippen molar-refractivity contribution >= 4 is 0 Å². The van der Waals surface area contributed by atoms with Crippen LogP contribution in [-0.4, -0.2) is 5.54 Å². The zero-order valence-corrected chi connectivity index (χ0v) is 6.76. The fraction of sp³-hybridized carbons (Fsp3) is 1.00. The van der Waals surface area contributed by atoms with Crippen molar-refractivity contribution in [3.63, 3.8) is 0 Å². The maximum atomic E-state index is 10.4. The van der Waals surface area contributed by atoms with Gasteiger partial charge in [-0.3, -0.25) is 0 Å². The minimum absolute atomic E-state index is 0.252. The van der Waals surface area contributed by atoms with Crippen LogP contribution in [0.5, 0.6) is 0 Å². The Morgan fingerprint density at radius 1 is 1.50 bits per heavy atom. The Bertz CT molecular complexity index is 135. The molecule has 0 amide bonds. The van der Waals surface area contributed by atoms with Crippen molar-refractivity contribution in [2.24, 2.45) is 11.1 Å². The molecular weight excluding hydrogens is 126 g/mol. The normalized spacial score (nSPS) is 41.2. The summed E-state index contributed by atoms with van der Waals surface area (Å²) in [6, 6.07) is 0. The summed E-state index contributed by atoms with van der Waals surface area (Å²) in [6.45, 7) is 4.10. The van der Waals surface area contributed by atoms with Crippen LogP contribution in [0.25, 0.3) is 0 Å². The van der Waals surface area contributed by atoms with E-state index in [-0.39, 0.29) is 5.54 Å². The third-order valence-electron chi connectivity index (χ3n) is 2.84. The van der Waals surface area contributed by atoms with Gasteiger partial charge in [-0.15, -0.1) is 0 Å². The van der Waals surface area contributed by atoms with Crippen LogP contribution >= 0.6 is 0 Å². The molecule has 0 N–H and O–H groups in total. The SMILES string of the molecule is CC1CCCCC1(C)N=O. The summed E-state index contributed by atoms with van der Waals surface area (Å²) in [4.78, 5) is 10.4. The highest BCUT2D eigenvalue weighted by Gasteiger charge is 2.34. The van der Waals surface area contributed by atoms with Crippen LogP contribution in [0.3, 0.4) is 0 Å². The van der Waals surface area contributed by atoms with Crippen molar-refractivity contribution in [2.45, 2.75) is 45.1 Å². The highest BCUT2D eigenvalue weighted by atomic mass is 16.3. The minimum Gasteiger partial charge on any atom is -0.150 e. The predicted molar refractivity (Wildman–Crippen MR) is 41.8 cm³/mol. The van der Waals surface area contributed by atoms with Crippen molar-refractivity contribution in [3.8, 4) is 0 Å². The quantitative estimate of drug-likeness (QED) is 0.516. The fourth-order valence-electron chi connectivity index (χ4n) is 1.63. The first-order chi connectivity index (χ1) is 4.69. The van der Waals surface area contributed by atoms with Crippen LogP contribution in [0.2, 0.25) is 0 Å². The van der Waals surface area contributed by atoms with E-state index in [0.29, 0.717) is 5.92 Å². The van der Waals surface area contributed by atoms with E-state index >= 15 is 0 Å². The number of hydrogen-bond acceptors (Lipinski definition) is 2. The van der Waals surface area contributed by atoms with E-state index in [0.717, 1.165) is 6.42 Å². The molecule has 58 valence electrons. The molecule has 0 heterocycles. The third kappa shape index (κ3) is 1.20. The van der Waals surface area contributed by atoms with Gasteiger partial charge in [-0.2, -0.15) is 4.91 Å². The second-order valence-corrected chi connectivity index (χ2v) is 3.60. The van der Waals surface area contributed by atoms with Gasteiger partial charge < -0.3 is 0 Å². The van der Waals surface area contributed by atoms with Crippen LogP contribution in [0.4, 0.5) is 0 Å². The molecule has 0 aromatic carbocycles. The van der Waals surface area contributed by atoms with E-state index in [1.807, 2.05) is 6.92 Å². The lowest BCUT2D eigenvalue weighted by molar-refractivity contribution is 0.227. The van der Waals surface area contributed by atoms with Gasteiger partial charge in [-0.05, 0) is 25.7 Å². The second kappa shape index (κ2) is 2.69. The first kappa shape index (κ1) is 7.70. The van der Waals surface area contributed by atoms with Crippen LogP contribution in [-0.2, 0) is 0 Å². The van der Waals surface area contributed by atoms with Crippen LogP contribution in [0.15, 0.2) is 5.18 Å². The van der Waals surface area contributed by atoms with Crippen molar-refractivity contribution in [2.75, 3.05) is 0 Å². The Morgan fingerprint density at radius 2 is 2.20 bits per heavy atom. The molecule has 2 heteroatoms. The van der Waals surface area contributed by atoms with Crippen molar-refractivity contribution in [1.29, 1.82) is 0 Å². The number of nitroso groups, excluding NO2 is 1.